The predicted molar refractivity (Wildman–Crippen MR) is 120 cm³/mol. The number of aryl methyl sites for hydroxylation is 2. The van der Waals surface area contributed by atoms with Crippen molar-refractivity contribution in [3.63, 3.8) is 0 Å². The van der Waals surface area contributed by atoms with Crippen molar-refractivity contribution in [2.75, 3.05) is 6.26 Å². The third kappa shape index (κ3) is 6.37. The Morgan fingerprint density at radius 3 is 2.58 bits per heavy atom. The molecule has 1 aromatic heterocycles. The zero-order valence-electron chi connectivity index (χ0n) is 18.4. The lowest BCUT2D eigenvalue weighted by Gasteiger charge is -2.15. The van der Waals surface area contributed by atoms with Crippen LogP contribution in [0.3, 0.4) is 0 Å². The molecular weight excluding hydrogens is 414 g/mol. The number of rotatable bonds is 7. The molecular formula is C23H29N3O4S. The average Bonchev–Trinajstić information content (AvgIpc) is 3.23. The van der Waals surface area contributed by atoms with E-state index >= 15 is 0 Å². The molecule has 0 spiro atoms. The summed E-state index contributed by atoms with van der Waals surface area (Å²) in [7, 11) is -3.27. The molecule has 0 saturated heterocycles. The van der Waals surface area contributed by atoms with Crippen molar-refractivity contribution in [2.45, 2.75) is 58.4 Å². The Hall–Kier alpha value is -2.74. The van der Waals surface area contributed by atoms with Gasteiger partial charge in [0.25, 0.3) is 5.91 Å². The smallest absolute Gasteiger partial charge is 0.258 e. The topological polar surface area (TPSA) is 98.2 Å². The van der Waals surface area contributed by atoms with E-state index in [2.05, 4.69) is 15.3 Å². The van der Waals surface area contributed by atoms with Gasteiger partial charge in [0.15, 0.2) is 9.84 Å². The van der Waals surface area contributed by atoms with Crippen LogP contribution in [0.15, 0.2) is 35.9 Å². The van der Waals surface area contributed by atoms with Gasteiger partial charge in [-0.25, -0.2) is 13.4 Å². The summed E-state index contributed by atoms with van der Waals surface area (Å²) < 4.78 is 28.7. The standard InChI is InChI=1S/C23H29N3O4S/c1-15-9-10-19(13-16(15)2)30-23-20(14-24-21(26-23)18-7-5-6-8-18)22(27)25-17(3)11-12-31(4,28)29/h9-14,17-18H,5-8H2,1-4H3,(H,25,27). The van der Waals surface area contributed by atoms with Gasteiger partial charge in [0.1, 0.15) is 17.1 Å². The number of hydrogen-bond acceptors (Lipinski definition) is 6. The van der Waals surface area contributed by atoms with E-state index in [1.54, 1.807) is 6.92 Å². The summed E-state index contributed by atoms with van der Waals surface area (Å²) in [5.74, 6) is 1.34. The highest BCUT2D eigenvalue weighted by Crippen LogP contribution is 2.34. The Balaban J connectivity index is 1.89. The van der Waals surface area contributed by atoms with Gasteiger partial charge in [-0.15, -0.1) is 0 Å². The maximum Gasteiger partial charge on any atom is 0.258 e. The lowest BCUT2D eigenvalue weighted by Crippen LogP contribution is -2.31. The average molecular weight is 444 g/mol. The minimum atomic E-state index is -3.27. The first-order valence-electron chi connectivity index (χ1n) is 10.4. The highest BCUT2D eigenvalue weighted by atomic mass is 32.2. The third-order valence-electron chi connectivity index (χ3n) is 5.40. The van der Waals surface area contributed by atoms with Gasteiger partial charge in [-0.3, -0.25) is 4.79 Å². The van der Waals surface area contributed by atoms with Crippen molar-refractivity contribution in [2.24, 2.45) is 0 Å². The molecule has 166 valence electrons. The van der Waals surface area contributed by atoms with Crippen molar-refractivity contribution in [3.05, 3.63) is 58.4 Å². The van der Waals surface area contributed by atoms with Crippen molar-refractivity contribution >= 4 is 15.7 Å². The first kappa shape index (κ1) is 22.9. The normalized spacial score (nSPS) is 15.9. The second kappa shape index (κ2) is 9.60. The Bertz CT molecular complexity index is 1090. The summed E-state index contributed by atoms with van der Waals surface area (Å²) in [5, 5.41) is 3.83. The molecule has 1 aliphatic rings. The molecule has 1 aromatic carbocycles. The van der Waals surface area contributed by atoms with Crippen LogP contribution in [0.5, 0.6) is 11.6 Å². The van der Waals surface area contributed by atoms with Crippen LogP contribution in [0.2, 0.25) is 0 Å². The Morgan fingerprint density at radius 2 is 1.94 bits per heavy atom. The van der Waals surface area contributed by atoms with Gasteiger partial charge in [-0.05, 0) is 56.9 Å². The molecule has 0 bridgehead atoms. The Morgan fingerprint density at radius 1 is 1.23 bits per heavy atom. The molecule has 1 aliphatic carbocycles. The second-order valence-corrected chi connectivity index (χ2v) is 10.1. The van der Waals surface area contributed by atoms with Crippen LogP contribution >= 0.6 is 0 Å². The van der Waals surface area contributed by atoms with Gasteiger partial charge in [0, 0.05) is 29.8 Å². The number of hydrogen-bond donors (Lipinski definition) is 1. The number of amides is 1. The van der Waals surface area contributed by atoms with Crippen LogP contribution in [-0.4, -0.2) is 36.6 Å². The molecule has 31 heavy (non-hydrogen) atoms. The lowest BCUT2D eigenvalue weighted by molar-refractivity contribution is 0.0943. The summed E-state index contributed by atoms with van der Waals surface area (Å²) in [4.78, 5) is 21.9. The van der Waals surface area contributed by atoms with Crippen molar-refractivity contribution in [1.29, 1.82) is 0 Å². The molecule has 7 nitrogen and oxygen atoms in total. The van der Waals surface area contributed by atoms with E-state index in [0.717, 1.165) is 48.5 Å². The van der Waals surface area contributed by atoms with Crippen LogP contribution in [0.1, 0.15) is 65.8 Å². The fourth-order valence-electron chi connectivity index (χ4n) is 3.48. The Kier molecular flexibility index (Phi) is 7.10. The first-order chi connectivity index (χ1) is 14.6. The van der Waals surface area contributed by atoms with Gasteiger partial charge >= 0.3 is 0 Å². The van der Waals surface area contributed by atoms with E-state index in [-0.39, 0.29) is 17.4 Å². The summed E-state index contributed by atoms with van der Waals surface area (Å²) in [5.41, 5.74) is 2.43. The van der Waals surface area contributed by atoms with Crippen LogP contribution < -0.4 is 10.1 Å². The summed E-state index contributed by atoms with van der Waals surface area (Å²) in [6, 6.07) is 5.22. The number of aromatic nitrogens is 2. The number of carbonyl (C=O) groups is 1. The van der Waals surface area contributed by atoms with E-state index in [1.807, 2.05) is 32.0 Å². The van der Waals surface area contributed by atoms with Crippen LogP contribution in [-0.2, 0) is 9.84 Å². The minimum absolute atomic E-state index is 0.206. The molecule has 2 aromatic rings. The lowest BCUT2D eigenvalue weighted by atomic mass is 10.1. The van der Waals surface area contributed by atoms with Gasteiger partial charge in [0.2, 0.25) is 5.88 Å². The largest absolute Gasteiger partial charge is 0.438 e. The fourth-order valence-corrected chi connectivity index (χ4v) is 4.00. The SMILES string of the molecule is Cc1ccc(Oc2nc(C3CCCC3)ncc2C(=O)NC(C)C=CS(C)(=O)=O)cc1C. The molecule has 1 atom stereocenters. The summed E-state index contributed by atoms with van der Waals surface area (Å²) in [6.45, 7) is 5.71. The first-order valence-corrected chi connectivity index (χ1v) is 12.4. The molecule has 1 N–H and O–H groups in total. The summed E-state index contributed by atoms with van der Waals surface area (Å²) in [6.07, 6.45) is 8.37. The van der Waals surface area contributed by atoms with Gasteiger partial charge in [0.05, 0.1) is 0 Å². The van der Waals surface area contributed by atoms with E-state index < -0.39 is 21.8 Å². The van der Waals surface area contributed by atoms with Crippen LogP contribution in [0, 0.1) is 13.8 Å². The highest BCUT2D eigenvalue weighted by molar-refractivity contribution is 7.93. The molecule has 1 fully saturated rings. The predicted octanol–water partition coefficient (Wildman–Crippen LogP) is 4.22. The van der Waals surface area contributed by atoms with E-state index in [4.69, 9.17) is 4.74 Å². The van der Waals surface area contributed by atoms with Crippen molar-refractivity contribution in [1.82, 2.24) is 15.3 Å². The molecule has 1 heterocycles. The number of sulfone groups is 1. The van der Waals surface area contributed by atoms with Gasteiger partial charge < -0.3 is 10.1 Å². The number of carbonyl (C=O) groups excluding carboxylic acids is 1. The van der Waals surface area contributed by atoms with Crippen LogP contribution in [0.4, 0.5) is 0 Å². The highest BCUT2D eigenvalue weighted by Gasteiger charge is 2.24. The van der Waals surface area contributed by atoms with Gasteiger partial charge in [-0.2, -0.15) is 4.98 Å². The number of nitrogens with zero attached hydrogens (tertiary/aromatic N) is 2. The fraction of sp³-hybridized carbons (Fsp3) is 0.435. The monoisotopic (exact) mass is 443 g/mol. The van der Waals surface area contributed by atoms with E-state index in [1.165, 1.54) is 12.3 Å². The minimum Gasteiger partial charge on any atom is -0.438 e. The maximum atomic E-state index is 12.9. The van der Waals surface area contributed by atoms with E-state index in [9.17, 15) is 13.2 Å². The molecule has 1 amide bonds. The number of benzene rings is 1. The molecule has 8 heteroatoms. The van der Waals surface area contributed by atoms with Crippen LogP contribution in [0.25, 0.3) is 0 Å². The van der Waals surface area contributed by atoms with Crippen molar-refractivity contribution < 1.29 is 17.9 Å². The third-order valence-corrected chi connectivity index (χ3v) is 6.05. The maximum absolute atomic E-state index is 12.9. The molecule has 0 radical (unpaired) electrons. The van der Waals surface area contributed by atoms with Crippen molar-refractivity contribution in [3.8, 4) is 11.6 Å². The van der Waals surface area contributed by atoms with E-state index in [0.29, 0.717) is 11.6 Å². The number of nitrogens with one attached hydrogen (secondary N) is 1. The molecule has 1 unspecified atom stereocenters. The van der Waals surface area contributed by atoms with Gasteiger partial charge in [-0.1, -0.05) is 25.0 Å². The molecule has 0 aliphatic heterocycles. The molecule has 1 saturated carbocycles. The Labute approximate surface area is 183 Å². The number of ether oxygens (including phenoxy) is 1. The quantitative estimate of drug-likeness (QED) is 0.688. The molecule has 3 rings (SSSR count). The zero-order chi connectivity index (χ0) is 22.6. The summed E-state index contributed by atoms with van der Waals surface area (Å²) >= 11 is 0. The zero-order valence-corrected chi connectivity index (χ0v) is 19.2. The second-order valence-electron chi connectivity index (χ2n) is 8.20.